The summed E-state index contributed by atoms with van der Waals surface area (Å²) in [7, 11) is 0. The van der Waals surface area contributed by atoms with Crippen molar-refractivity contribution < 1.29 is 18.7 Å². The number of fused-ring (bicyclic) bond motifs is 1. The molecule has 0 radical (unpaired) electrons. The smallest absolute Gasteiger partial charge is 0.303 e. The second-order valence-corrected chi connectivity index (χ2v) is 6.66. The van der Waals surface area contributed by atoms with E-state index in [0.717, 1.165) is 17.7 Å². The van der Waals surface area contributed by atoms with E-state index in [1.807, 2.05) is 4.57 Å². The molecule has 25 heavy (non-hydrogen) atoms. The number of halogens is 3. The van der Waals surface area contributed by atoms with Crippen molar-refractivity contribution in [2.45, 2.75) is 18.9 Å². The number of carboxylic acids is 1. The van der Waals surface area contributed by atoms with Crippen LogP contribution in [-0.2, 0) is 4.79 Å². The number of imidazole rings is 1. The van der Waals surface area contributed by atoms with Crippen LogP contribution in [0.1, 0.15) is 18.9 Å². The molecular weight excluding hydrogens is 350 g/mol. The van der Waals surface area contributed by atoms with E-state index < -0.39 is 17.6 Å². The van der Waals surface area contributed by atoms with E-state index in [0.29, 0.717) is 28.3 Å². The first-order valence-electron chi connectivity index (χ1n) is 7.79. The van der Waals surface area contributed by atoms with Gasteiger partial charge in [0.1, 0.15) is 5.82 Å². The monoisotopic (exact) mass is 362 g/mol. The highest BCUT2D eigenvalue weighted by molar-refractivity contribution is 6.30. The lowest BCUT2D eigenvalue weighted by Gasteiger charge is -2.09. The SMILES string of the molecule is O=C(O)CC1CC1n1c(-c2ccc(Cl)cc2)nc2cc(F)c(F)cc21. The Labute approximate surface area is 146 Å². The summed E-state index contributed by atoms with van der Waals surface area (Å²) in [5.41, 5.74) is 1.55. The van der Waals surface area contributed by atoms with Gasteiger partial charge in [0.2, 0.25) is 0 Å². The highest BCUT2D eigenvalue weighted by Crippen LogP contribution is 2.49. The van der Waals surface area contributed by atoms with E-state index in [-0.39, 0.29) is 18.4 Å². The maximum absolute atomic E-state index is 13.8. The van der Waals surface area contributed by atoms with Gasteiger partial charge in [-0.15, -0.1) is 0 Å². The summed E-state index contributed by atoms with van der Waals surface area (Å²) < 4.78 is 29.2. The lowest BCUT2D eigenvalue weighted by Crippen LogP contribution is -2.03. The highest BCUT2D eigenvalue weighted by atomic mass is 35.5. The molecule has 0 spiro atoms. The van der Waals surface area contributed by atoms with Gasteiger partial charge in [0.05, 0.1) is 17.5 Å². The third-order valence-corrected chi connectivity index (χ3v) is 4.74. The van der Waals surface area contributed by atoms with E-state index in [1.54, 1.807) is 24.3 Å². The molecule has 1 aromatic heterocycles. The molecule has 7 heteroatoms. The number of carboxylic acid groups (broad SMARTS) is 1. The van der Waals surface area contributed by atoms with Gasteiger partial charge in [-0.2, -0.15) is 0 Å². The van der Waals surface area contributed by atoms with Crippen LogP contribution in [0.15, 0.2) is 36.4 Å². The van der Waals surface area contributed by atoms with Crippen LogP contribution in [0.3, 0.4) is 0 Å². The molecule has 0 aliphatic heterocycles. The predicted molar refractivity (Wildman–Crippen MR) is 89.5 cm³/mol. The molecule has 1 aliphatic rings. The third kappa shape index (κ3) is 2.87. The molecule has 0 bridgehead atoms. The first kappa shape index (κ1) is 16.0. The Balaban J connectivity index is 1.88. The van der Waals surface area contributed by atoms with Crippen LogP contribution >= 0.6 is 11.6 Å². The Bertz CT molecular complexity index is 985. The molecular formula is C18H13ClF2N2O2. The average molecular weight is 363 g/mol. The molecule has 1 aliphatic carbocycles. The number of aliphatic carboxylic acids is 1. The van der Waals surface area contributed by atoms with Gasteiger partial charge in [-0.05, 0) is 36.6 Å². The summed E-state index contributed by atoms with van der Waals surface area (Å²) in [6, 6.07) is 9.06. The van der Waals surface area contributed by atoms with Gasteiger partial charge in [0, 0.05) is 28.8 Å². The Morgan fingerprint density at radius 1 is 1.24 bits per heavy atom. The van der Waals surface area contributed by atoms with Crippen molar-refractivity contribution in [1.82, 2.24) is 9.55 Å². The molecule has 4 nitrogen and oxygen atoms in total. The zero-order valence-corrected chi connectivity index (χ0v) is 13.7. The summed E-state index contributed by atoms with van der Waals surface area (Å²) in [6.45, 7) is 0. The molecule has 1 fully saturated rings. The van der Waals surface area contributed by atoms with Crippen LogP contribution in [0.25, 0.3) is 22.4 Å². The zero-order valence-electron chi connectivity index (χ0n) is 12.9. The predicted octanol–water partition coefficient (Wildman–Crippen LogP) is 4.67. The first-order valence-corrected chi connectivity index (χ1v) is 8.16. The molecule has 1 saturated carbocycles. The van der Waals surface area contributed by atoms with Crippen LogP contribution < -0.4 is 0 Å². The topological polar surface area (TPSA) is 55.1 Å². The fourth-order valence-corrected chi connectivity index (χ4v) is 3.35. The summed E-state index contributed by atoms with van der Waals surface area (Å²) in [6.07, 6.45) is 0.700. The largest absolute Gasteiger partial charge is 0.481 e. The zero-order chi connectivity index (χ0) is 17.7. The molecule has 0 saturated heterocycles. The molecule has 1 N–H and O–H groups in total. The van der Waals surface area contributed by atoms with Crippen molar-refractivity contribution in [3.63, 3.8) is 0 Å². The molecule has 3 aromatic rings. The number of nitrogens with zero attached hydrogens (tertiary/aromatic N) is 2. The van der Waals surface area contributed by atoms with Crippen molar-refractivity contribution in [3.8, 4) is 11.4 Å². The van der Waals surface area contributed by atoms with E-state index >= 15 is 0 Å². The van der Waals surface area contributed by atoms with Crippen molar-refractivity contribution in [1.29, 1.82) is 0 Å². The third-order valence-electron chi connectivity index (χ3n) is 4.49. The van der Waals surface area contributed by atoms with Crippen molar-refractivity contribution >= 4 is 28.6 Å². The van der Waals surface area contributed by atoms with Crippen molar-refractivity contribution in [3.05, 3.63) is 53.1 Å². The maximum Gasteiger partial charge on any atom is 0.303 e. The maximum atomic E-state index is 13.8. The minimum Gasteiger partial charge on any atom is -0.481 e. The van der Waals surface area contributed by atoms with E-state index in [4.69, 9.17) is 16.7 Å². The van der Waals surface area contributed by atoms with Gasteiger partial charge in [-0.1, -0.05) is 11.6 Å². The van der Waals surface area contributed by atoms with E-state index in [1.165, 1.54) is 0 Å². The molecule has 128 valence electrons. The molecule has 2 unspecified atom stereocenters. The van der Waals surface area contributed by atoms with Crippen molar-refractivity contribution in [2.24, 2.45) is 5.92 Å². The quantitative estimate of drug-likeness (QED) is 0.733. The number of benzene rings is 2. The fourth-order valence-electron chi connectivity index (χ4n) is 3.22. The average Bonchev–Trinajstić information content (AvgIpc) is 3.20. The molecule has 1 heterocycles. The lowest BCUT2D eigenvalue weighted by atomic mass is 10.2. The molecule has 2 atom stereocenters. The summed E-state index contributed by atoms with van der Waals surface area (Å²) in [5.74, 6) is -2.28. The van der Waals surface area contributed by atoms with Crippen LogP contribution in [-0.4, -0.2) is 20.6 Å². The van der Waals surface area contributed by atoms with Gasteiger partial charge in [-0.3, -0.25) is 4.79 Å². The van der Waals surface area contributed by atoms with Crippen LogP contribution in [0.2, 0.25) is 5.02 Å². The first-order chi connectivity index (χ1) is 11.9. The van der Waals surface area contributed by atoms with Crippen LogP contribution in [0, 0.1) is 17.6 Å². The summed E-state index contributed by atoms with van der Waals surface area (Å²) in [5, 5.41) is 9.57. The minimum atomic E-state index is -0.960. The lowest BCUT2D eigenvalue weighted by molar-refractivity contribution is -0.137. The Hall–Kier alpha value is -2.47. The summed E-state index contributed by atoms with van der Waals surface area (Å²) >= 11 is 5.92. The second kappa shape index (κ2) is 5.81. The molecule has 2 aromatic carbocycles. The van der Waals surface area contributed by atoms with Gasteiger partial charge in [0.15, 0.2) is 11.6 Å². The number of hydrogen-bond acceptors (Lipinski definition) is 2. The Morgan fingerprint density at radius 2 is 1.92 bits per heavy atom. The Morgan fingerprint density at radius 3 is 2.60 bits per heavy atom. The van der Waals surface area contributed by atoms with Gasteiger partial charge in [0.25, 0.3) is 0 Å². The summed E-state index contributed by atoms with van der Waals surface area (Å²) in [4.78, 5) is 15.4. The minimum absolute atomic E-state index is 0.0358. The molecule has 0 amide bonds. The number of carbonyl (C=O) groups is 1. The van der Waals surface area contributed by atoms with Gasteiger partial charge in [-0.25, -0.2) is 13.8 Å². The van der Waals surface area contributed by atoms with Crippen LogP contribution in [0.5, 0.6) is 0 Å². The van der Waals surface area contributed by atoms with Crippen LogP contribution in [0.4, 0.5) is 8.78 Å². The van der Waals surface area contributed by atoms with Gasteiger partial charge >= 0.3 is 5.97 Å². The number of rotatable bonds is 4. The molecule has 4 rings (SSSR count). The normalized spacial score (nSPS) is 19.3. The van der Waals surface area contributed by atoms with E-state index in [9.17, 15) is 13.6 Å². The van der Waals surface area contributed by atoms with E-state index in [2.05, 4.69) is 4.98 Å². The Kier molecular flexibility index (Phi) is 3.72. The number of aromatic nitrogens is 2. The van der Waals surface area contributed by atoms with Crippen molar-refractivity contribution in [2.75, 3.05) is 0 Å². The number of hydrogen-bond donors (Lipinski definition) is 1. The standard InChI is InChI=1S/C18H13ClF2N2O2/c19-11-3-1-9(2-4-11)18-22-14-7-12(20)13(21)8-16(14)23(18)15-5-10(15)6-17(24)25/h1-4,7-8,10,15H,5-6H2,(H,24,25). The second-order valence-electron chi connectivity index (χ2n) is 6.23. The highest BCUT2D eigenvalue weighted by Gasteiger charge is 2.42. The van der Waals surface area contributed by atoms with Gasteiger partial charge < -0.3 is 9.67 Å². The fraction of sp³-hybridized carbons (Fsp3) is 0.222.